The van der Waals surface area contributed by atoms with E-state index in [1.165, 1.54) is 6.42 Å². The fourth-order valence-corrected chi connectivity index (χ4v) is 4.33. The van der Waals surface area contributed by atoms with Crippen LogP contribution < -0.4 is 15.5 Å². The van der Waals surface area contributed by atoms with Crippen molar-refractivity contribution in [3.8, 4) is 0 Å². The number of rotatable bonds is 3. The van der Waals surface area contributed by atoms with Gasteiger partial charge in [-0.15, -0.1) is 5.10 Å². The summed E-state index contributed by atoms with van der Waals surface area (Å²) in [6.45, 7) is 1.86. The minimum absolute atomic E-state index is 0.241. The molecule has 10 heteroatoms. The largest absolute Gasteiger partial charge is 0.334 e. The molecule has 0 unspecified atom stereocenters. The summed E-state index contributed by atoms with van der Waals surface area (Å²) in [7, 11) is 1.80. The number of nitrogens with one attached hydrogen (secondary N) is 2. The van der Waals surface area contributed by atoms with E-state index in [2.05, 4.69) is 46.6 Å². The molecule has 0 saturated carbocycles. The minimum Gasteiger partial charge on any atom is -0.334 e. The molecule has 2 atom stereocenters. The van der Waals surface area contributed by atoms with Gasteiger partial charge in [0.05, 0.1) is 17.4 Å². The van der Waals surface area contributed by atoms with E-state index in [1.807, 2.05) is 6.07 Å². The fourth-order valence-electron chi connectivity index (χ4n) is 3.88. The lowest BCUT2D eigenvalue weighted by Gasteiger charge is -2.45. The lowest BCUT2D eigenvalue weighted by Crippen LogP contribution is -2.61. The van der Waals surface area contributed by atoms with Crippen LogP contribution in [-0.2, 0) is 7.05 Å². The van der Waals surface area contributed by atoms with Crippen LogP contribution in [0.5, 0.6) is 0 Å². The maximum absolute atomic E-state index is 12.8. The van der Waals surface area contributed by atoms with Crippen molar-refractivity contribution in [3.05, 3.63) is 34.8 Å². The van der Waals surface area contributed by atoms with Crippen molar-refractivity contribution in [2.45, 2.75) is 24.9 Å². The molecule has 9 nitrogen and oxygen atoms in total. The second-order valence-corrected chi connectivity index (χ2v) is 7.81. The number of hydrogen-bond donors (Lipinski definition) is 2. The van der Waals surface area contributed by atoms with E-state index in [-0.39, 0.29) is 5.91 Å². The van der Waals surface area contributed by atoms with Crippen LogP contribution >= 0.6 is 15.9 Å². The lowest BCUT2D eigenvalue weighted by atomic mass is 9.93. The summed E-state index contributed by atoms with van der Waals surface area (Å²) in [6.07, 6.45) is 5.86. The topological polar surface area (TPSA) is 92.4 Å². The predicted octanol–water partition coefficient (Wildman–Crippen LogP) is 1.42. The highest BCUT2D eigenvalue weighted by atomic mass is 79.9. The van der Waals surface area contributed by atoms with Gasteiger partial charge in [0.1, 0.15) is 5.69 Å². The molecule has 0 aromatic carbocycles. The number of aromatic nitrogens is 5. The van der Waals surface area contributed by atoms with Crippen LogP contribution in [0.3, 0.4) is 0 Å². The van der Waals surface area contributed by atoms with Crippen molar-refractivity contribution in [1.82, 2.24) is 29.7 Å². The zero-order valence-electron chi connectivity index (χ0n) is 14.8. The summed E-state index contributed by atoms with van der Waals surface area (Å²) >= 11 is 3.35. The first kappa shape index (κ1) is 16.7. The normalized spacial score (nSPS) is 21.8. The molecule has 3 fully saturated rings. The van der Waals surface area contributed by atoms with Gasteiger partial charge in [0, 0.05) is 38.4 Å². The van der Waals surface area contributed by atoms with Crippen molar-refractivity contribution >= 4 is 39.0 Å². The van der Waals surface area contributed by atoms with Crippen molar-refractivity contribution in [3.63, 3.8) is 0 Å². The van der Waals surface area contributed by atoms with Gasteiger partial charge in [0.2, 0.25) is 5.95 Å². The molecule has 1 amide bonds. The van der Waals surface area contributed by atoms with Crippen molar-refractivity contribution in [2.24, 2.45) is 7.05 Å². The number of fused-ring (bicyclic) bond motifs is 4. The highest BCUT2D eigenvalue weighted by Crippen LogP contribution is 2.26. The number of amides is 1. The predicted molar refractivity (Wildman–Crippen MR) is 104 cm³/mol. The van der Waals surface area contributed by atoms with Gasteiger partial charge in [-0.3, -0.25) is 9.48 Å². The third-order valence-electron chi connectivity index (χ3n) is 5.26. The third-order valence-corrected chi connectivity index (χ3v) is 5.84. The second-order valence-electron chi connectivity index (χ2n) is 7.06. The van der Waals surface area contributed by atoms with Gasteiger partial charge >= 0.3 is 0 Å². The number of nitrogens with zero attached hydrogens (tertiary/aromatic N) is 6. The van der Waals surface area contributed by atoms with Crippen molar-refractivity contribution in [1.29, 1.82) is 0 Å². The molecule has 3 aromatic rings. The monoisotopic (exact) mass is 430 g/mol. The minimum atomic E-state index is -0.241. The van der Waals surface area contributed by atoms with Crippen LogP contribution in [0.25, 0.3) is 5.52 Å². The maximum Gasteiger partial charge on any atom is 0.274 e. The van der Waals surface area contributed by atoms with Gasteiger partial charge in [-0.2, -0.15) is 5.10 Å². The Labute approximate surface area is 163 Å². The first-order valence-electron chi connectivity index (χ1n) is 8.94. The van der Waals surface area contributed by atoms with Gasteiger partial charge in [-0.25, -0.2) is 9.50 Å². The third kappa shape index (κ3) is 2.88. The molecule has 0 radical (unpaired) electrons. The number of carbonyl (C=O) groups excluding carboxylic acids is 1. The first-order valence-corrected chi connectivity index (χ1v) is 9.73. The lowest BCUT2D eigenvalue weighted by molar-refractivity contribution is 0.102. The molecular formula is C17H19BrN8O. The molecular weight excluding hydrogens is 412 g/mol. The Morgan fingerprint density at radius 2 is 2.22 bits per heavy atom. The zero-order valence-corrected chi connectivity index (χ0v) is 16.3. The van der Waals surface area contributed by atoms with E-state index < -0.39 is 0 Å². The molecule has 0 aliphatic carbocycles. The average Bonchev–Trinajstić information content (AvgIpc) is 3.24. The molecule has 6 rings (SSSR count). The van der Waals surface area contributed by atoms with Gasteiger partial charge in [-0.1, -0.05) is 0 Å². The number of piperazine rings is 1. The van der Waals surface area contributed by atoms with E-state index in [9.17, 15) is 4.79 Å². The van der Waals surface area contributed by atoms with Gasteiger partial charge in [0.15, 0.2) is 4.60 Å². The summed E-state index contributed by atoms with van der Waals surface area (Å²) in [5.74, 6) is 0.432. The van der Waals surface area contributed by atoms with Crippen LogP contribution in [0.15, 0.2) is 29.1 Å². The van der Waals surface area contributed by atoms with E-state index in [0.717, 1.165) is 25.0 Å². The zero-order chi connectivity index (χ0) is 18.5. The Hall–Kier alpha value is -2.46. The maximum atomic E-state index is 12.8. The molecule has 3 aromatic heterocycles. The molecule has 3 aliphatic rings. The number of piperidine rings is 2. The summed E-state index contributed by atoms with van der Waals surface area (Å²) in [4.78, 5) is 19.6. The summed E-state index contributed by atoms with van der Waals surface area (Å²) in [5.41, 5.74) is 1.87. The Bertz CT molecular complexity index is 1020. The quantitative estimate of drug-likeness (QED) is 0.652. The molecule has 6 heterocycles. The van der Waals surface area contributed by atoms with Crippen LogP contribution in [0.2, 0.25) is 0 Å². The summed E-state index contributed by atoms with van der Waals surface area (Å²) < 4.78 is 3.89. The van der Waals surface area contributed by atoms with E-state index in [4.69, 9.17) is 0 Å². The summed E-state index contributed by atoms with van der Waals surface area (Å²) in [6, 6.07) is 4.51. The Morgan fingerprint density at radius 1 is 1.33 bits per heavy atom. The Morgan fingerprint density at radius 3 is 2.89 bits per heavy atom. The van der Waals surface area contributed by atoms with Crippen molar-refractivity contribution < 1.29 is 4.79 Å². The SMILES string of the molecule is Cn1cc(NC(=O)c2ccc3cnc(N4C[C@H]5CC[C@@H]4CN5)nn23)c(Br)n1. The van der Waals surface area contributed by atoms with Crippen LogP contribution in [0.4, 0.5) is 11.6 Å². The molecule has 3 aliphatic heterocycles. The summed E-state index contributed by atoms with van der Waals surface area (Å²) in [5, 5.41) is 15.3. The molecule has 0 spiro atoms. The number of anilines is 2. The first-order chi connectivity index (χ1) is 13.1. The van der Waals surface area contributed by atoms with Gasteiger partial charge in [-0.05, 0) is 40.9 Å². The Kier molecular flexibility index (Phi) is 3.90. The standard InChI is InChI=1S/C17H19BrN8O/c1-24-9-13(15(18)22-24)21-16(27)14-5-4-12-7-20-17(23-26(12)14)25-8-10-2-3-11(25)6-19-10/h4-5,7,9-11,19H,2-3,6,8H2,1H3,(H,21,27)/t10-,11-/m1/s1. The molecule has 140 valence electrons. The fraction of sp³-hybridized carbons (Fsp3) is 0.412. The van der Waals surface area contributed by atoms with Crippen LogP contribution in [0, 0.1) is 0 Å². The van der Waals surface area contributed by atoms with E-state index in [0.29, 0.717) is 34.0 Å². The average molecular weight is 431 g/mol. The van der Waals surface area contributed by atoms with Crippen LogP contribution in [0.1, 0.15) is 23.3 Å². The smallest absolute Gasteiger partial charge is 0.274 e. The second kappa shape index (κ2) is 6.31. The van der Waals surface area contributed by atoms with Crippen LogP contribution in [-0.4, -0.2) is 55.5 Å². The van der Waals surface area contributed by atoms with E-state index >= 15 is 0 Å². The molecule has 2 bridgehead atoms. The number of carbonyl (C=O) groups is 1. The Balaban J connectivity index is 1.46. The highest BCUT2D eigenvalue weighted by Gasteiger charge is 2.35. The number of halogens is 1. The van der Waals surface area contributed by atoms with Crippen molar-refractivity contribution in [2.75, 3.05) is 23.3 Å². The molecule has 27 heavy (non-hydrogen) atoms. The highest BCUT2D eigenvalue weighted by molar-refractivity contribution is 9.10. The number of aryl methyl sites for hydroxylation is 1. The number of hydrogen-bond acceptors (Lipinski definition) is 6. The molecule has 2 N–H and O–H groups in total. The van der Waals surface area contributed by atoms with Gasteiger partial charge in [0.25, 0.3) is 5.91 Å². The van der Waals surface area contributed by atoms with Gasteiger partial charge < -0.3 is 15.5 Å². The van der Waals surface area contributed by atoms with E-state index in [1.54, 1.807) is 34.7 Å². The molecule has 3 saturated heterocycles.